The number of carboxylic acids is 1. The first-order valence-corrected chi connectivity index (χ1v) is 8.32. The Bertz CT molecular complexity index is 566. The van der Waals surface area contributed by atoms with Crippen LogP contribution in [-0.4, -0.2) is 38.7 Å². The van der Waals surface area contributed by atoms with Gasteiger partial charge in [0, 0.05) is 18.7 Å². The summed E-state index contributed by atoms with van der Waals surface area (Å²) in [4.78, 5) is 27.1. The van der Waals surface area contributed by atoms with Crippen LogP contribution in [0, 0.1) is 5.92 Å². The Labute approximate surface area is 142 Å². The molecule has 0 aliphatic heterocycles. The lowest BCUT2D eigenvalue weighted by molar-refractivity contribution is -0.138. The van der Waals surface area contributed by atoms with Gasteiger partial charge in [-0.1, -0.05) is 39.3 Å². The second-order valence-corrected chi connectivity index (χ2v) is 6.32. The van der Waals surface area contributed by atoms with Crippen molar-refractivity contribution >= 4 is 12.0 Å². The zero-order chi connectivity index (χ0) is 18.1. The molecule has 0 saturated carbocycles. The molecule has 2 atom stereocenters. The highest BCUT2D eigenvalue weighted by Gasteiger charge is 2.16. The van der Waals surface area contributed by atoms with E-state index in [-0.39, 0.29) is 18.5 Å². The van der Waals surface area contributed by atoms with Crippen molar-refractivity contribution in [3.63, 3.8) is 0 Å². The van der Waals surface area contributed by atoms with Gasteiger partial charge in [0.1, 0.15) is 12.4 Å². The number of rotatable bonds is 9. The van der Waals surface area contributed by atoms with Crippen molar-refractivity contribution in [1.29, 1.82) is 0 Å². The number of amides is 1. The van der Waals surface area contributed by atoms with Gasteiger partial charge in [0.2, 0.25) is 0 Å². The van der Waals surface area contributed by atoms with E-state index in [0.29, 0.717) is 11.6 Å². The standard InChI is InChI=1S/C17H28N4O3/c1-4-5-6-7-13(8-12(2)3)20-17(24)21-10-14(19-11-21)9-15(18)16(22)23/h6-7,10-13,15H,4-5,8-9,18H2,1-3H3,(H,20,24)(H,22,23)/t13?,15-/m0/s1. The highest BCUT2D eigenvalue weighted by molar-refractivity contribution is 5.77. The molecule has 0 aliphatic carbocycles. The molecule has 1 aromatic rings. The molecule has 1 heterocycles. The lowest BCUT2D eigenvalue weighted by Crippen LogP contribution is -2.37. The molecule has 24 heavy (non-hydrogen) atoms. The highest BCUT2D eigenvalue weighted by Crippen LogP contribution is 2.08. The molecule has 0 spiro atoms. The van der Waals surface area contributed by atoms with Crippen molar-refractivity contribution < 1.29 is 14.7 Å². The number of carbonyl (C=O) groups is 2. The number of carboxylic acid groups (broad SMARTS) is 1. The molecule has 1 rings (SSSR count). The molecular formula is C17H28N4O3. The van der Waals surface area contributed by atoms with Gasteiger partial charge < -0.3 is 16.2 Å². The number of unbranched alkanes of at least 4 members (excludes halogenated alkanes) is 1. The maximum absolute atomic E-state index is 12.3. The predicted molar refractivity (Wildman–Crippen MR) is 92.8 cm³/mol. The summed E-state index contributed by atoms with van der Waals surface area (Å²) < 4.78 is 1.32. The molecule has 4 N–H and O–H groups in total. The van der Waals surface area contributed by atoms with Crippen molar-refractivity contribution in [1.82, 2.24) is 14.9 Å². The summed E-state index contributed by atoms with van der Waals surface area (Å²) >= 11 is 0. The van der Waals surface area contributed by atoms with Gasteiger partial charge >= 0.3 is 12.0 Å². The third-order valence-corrected chi connectivity index (χ3v) is 3.47. The van der Waals surface area contributed by atoms with Crippen LogP contribution >= 0.6 is 0 Å². The largest absolute Gasteiger partial charge is 0.480 e. The van der Waals surface area contributed by atoms with Gasteiger partial charge in [-0.2, -0.15) is 0 Å². The second kappa shape index (κ2) is 9.87. The number of allylic oxidation sites excluding steroid dienone is 1. The lowest BCUT2D eigenvalue weighted by atomic mass is 10.0. The second-order valence-electron chi connectivity index (χ2n) is 6.32. The minimum absolute atomic E-state index is 0.0452. The fourth-order valence-corrected chi connectivity index (χ4v) is 2.25. The Hall–Kier alpha value is -2.15. The van der Waals surface area contributed by atoms with Gasteiger partial charge in [-0.25, -0.2) is 9.78 Å². The Kier molecular flexibility index (Phi) is 8.18. The molecule has 1 unspecified atom stereocenters. The first kappa shape index (κ1) is 19.9. The maximum atomic E-state index is 12.3. The van der Waals surface area contributed by atoms with Crippen LogP contribution < -0.4 is 11.1 Å². The third kappa shape index (κ3) is 6.95. The minimum atomic E-state index is -1.09. The molecule has 7 nitrogen and oxygen atoms in total. The van der Waals surface area contributed by atoms with Crippen LogP contribution in [0.2, 0.25) is 0 Å². The summed E-state index contributed by atoms with van der Waals surface area (Å²) in [5.74, 6) is -0.638. The molecular weight excluding hydrogens is 308 g/mol. The SMILES string of the molecule is CCCC=CC(CC(C)C)NC(=O)n1cnc(C[C@H](N)C(=O)O)c1. The zero-order valence-electron chi connectivity index (χ0n) is 14.6. The summed E-state index contributed by atoms with van der Waals surface area (Å²) in [5, 5.41) is 11.8. The molecule has 0 fully saturated rings. The van der Waals surface area contributed by atoms with E-state index in [1.807, 2.05) is 6.08 Å². The monoisotopic (exact) mass is 336 g/mol. The lowest BCUT2D eigenvalue weighted by Gasteiger charge is -2.17. The molecule has 134 valence electrons. The van der Waals surface area contributed by atoms with E-state index in [4.69, 9.17) is 10.8 Å². The summed E-state index contributed by atoms with van der Waals surface area (Å²) in [6, 6.07) is -1.36. The van der Waals surface area contributed by atoms with Crippen LogP contribution in [0.15, 0.2) is 24.7 Å². The Morgan fingerprint density at radius 2 is 2.17 bits per heavy atom. The van der Waals surface area contributed by atoms with Crippen LogP contribution in [0.1, 0.15) is 45.7 Å². The number of aliphatic carboxylic acids is 1. The van der Waals surface area contributed by atoms with E-state index in [1.165, 1.54) is 17.1 Å². The Balaban J connectivity index is 2.70. The molecule has 0 bridgehead atoms. The first-order chi connectivity index (χ1) is 11.3. The molecule has 7 heteroatoms. The van der Waals surface area contributed by atoms with Gasteiger partial charge in [-0.05, 0) is 18.8 Å². The van der Waals surface area contributed by atoms with Gasteiger partial charge in [0.25, 0.3) is 0 Å². The number of nitrogens with two attached hydrogens (primary N) is 1. The molecule has 0 radical (unpaired) electrons. The van der Waals surface area contributed by atoms with E-state index in [9.17, 15) is 9.59 Å². The minimum Gasteiger partial charge on any atom is -0.480 e. The van der Waals surface area contributed by atoms with Crippen molar-refractivity contribution in [2.75, 3.05) is 0 Å². The Morgan fingerprint density at radius 1 is 1.46 bits per heavy atom. The fraction of sp³-hybridized carbons (Fsp3) is 0.588. The smallest absolute Gasteiger partial charge is 0.327 e. The van der Waals surface area contributed by atoms with E-state index in [2.05, 4.69) is 37.1 Å². The normalized spacial score (nSPS) is 14.0. The number of hydrogen-bond donors (Lipinski definition) is 3. The van der Waals surface area contributed by atoms with Crippen LogP contribution in [0.25, 0.3) is 0 Å². The molecule has 0 aliphatic rings. The molecule has 1 amide bonds. The number of imidazole rings is 1. The summed E-state index contributed by atoms with van der Waals surface area (Å²) in [7, 11) is 0. The molecule has 0 aromatic carbocycles. The van der Waals surface area contributed by atoms with Crippen LogP contribution in [-0.2, 0) is 11.2 Å². The maximum Gasteiger partial charge on any atom is 0.327 e. The predicted octanol–water partition coefficient (Wildman–Crippen LogP) is 2.17. The van der Waals surface area contributed by atoms with Crippen LogP contribution in [0.3, 0.4) is 0 Å². The van der Waals surface area contributed by atoms with Crippen molar-refractivity contribution in [2.24, 2.45) is 11.7 Å². The molecule has 1 aromatic heterocycles. The summed E-state index contributed by atoms with van der Waals surface area (Å²) in [6.45, 7) is 6.32. The van der Waals surface area contributed by atoms with Crippen molar-refractivity contribution in [3.8, 4) is 0 Å². The van der Waals surface area contributed by atoms with E-state index >= 15 is 0 Å². The van der Waals surface area contributed by atoms with E-state index in [1.54, 1.807) is 0 Å². The zero-order valence-corrected chi connectivity index (χ0v) is 14.6. The van der Waals surface area contributed by atoms with Gasteiger partial charge in [-0.15, -0.1) is 0 Å². The van der Waals surface area contributed by atoms with Crippen LogP contribution in [0.5, 0.6) is 0 Å². The first-order valence-electron chi connectivity index (χ1n) is 8.32. The van der Waals surface area contributed by atoms with Gasteiger partial charge in [0.15, 0.2) is 0 Å². The highest BCUT2D eigenvalue weighted by atomic mass is 16.4. The van der Waals surface area contributed by atoms with E-state index in [0.717, 1.165) is 19.3 Å². The third-order valence-electron chi connectivity index (χ3n) is 3.47. The number of nitrogens with one attached hydrogen (secondary N) is 1. The quantitative estimate of drug-likeness (QED) is 0.599. The van der Waals surface area contributed by atoms with E-state index < -0.39 is 12.0 Å². The number of aromatic nitrogens is 2. The topological polar surface area (TPSA) is 110 Å². The molecule has 0 saturated heterocycles. The summed E-state index contributed by atoms with van der Waals surface area (Å²) in [6.07, 6.45) is 9.97. The van der Waals surface area contributed by atoms with Gasteiger partial charge in [-0.3, -0.25) is 9.36 Å². The Morgan fingerprint density at radius 3 is 2.75 bits per heavy atom. The number of nitrogens with zero attached hydrogens (tertiary/aromatic N) is 2. The van der Waals surface area contributed by atoms with Crippen LogP contribution in [0.4, 0.5) is 4.79 Å². The van der Waals surface area contributed by atoms with Gasteiger partial charge in [0.05, 0.1) is 5.69 Å². The number of carbonyl (C=O) groups excluding carboxylic acids is 1. The average Bonchev–Trinajstić information content (AvgIpc) is 2.95. The number of hydrogen-bond acceptors (Lipinski definition) is 4. The van der Waals surface area contributed by atoms with Crippen molar-refractivity contribution in [3.05, 3.63) is 30.4 Å². The fourth-order valence-electron chi connectivity index (χ4n) is 2.25. The van der Waals surface area contributed by atoms with Crippen molar-refractivity contribution in [2.45, 2.75) is 58.5 Å². The average molecular weight is 336 g/mol. The summed E-state index contributed by atoms with van der Waals surface area (Å²) in [5.41, 5.74) is 5.95.